The third-order valence-corrected chi connectivity index (χ3v) is 3.42. The first-order valence-electron chi connectivity index (χ1n) is 7.50. The zero-order valence-corrected chi connectivity index (χ0v) is 13.1. The molecule has 3 N–H and O–H groups in total. The van der Waals surface area contributed by atoms with Gasteiger partial charge in [0.05, 0.1) is 17.6 Å². The van der Waals surface area contributed by atoms with E-state index < -0.39 is 0 Å². The van der Waals surface area contributed by atoms with E-state index in [1.807, 2.05) is 18.3 Å². The maximum Gasteiger partial charge on any atom is 0.131 e. The third kappa shape index (κ3) is 3.79. The summed E-state index contributed by atoms with van der Waals surface area (Å²) in [6.45, 7) is 7.84. The summed E-state index contributed by atoms with van der Waals surface area (Å²) in [4.78, 5) is 9.25. The van der Waals surface area contributed by atoms with Crippen molar-refractivity contribution in [2.75, 3.05) is 18.4 Å². The van der Waals surface area contributed by atoms with Gasteiger partial charge in [0.1, 0.15) is 5.82 Å². The Bertz CT molecular complexity index is 593. The maximum atomic E-state index is 5.56. The summed E-state index contributed by atoms with van der Waals surface area (Å²) in [6, 6.07) is 8.31. The standard InChI is InChI=1S/C17H24N4/c1-12(2)17-20-11-15(19-10-6-9-18)16(21-17)14-8-5-4-7-13(14)3/h4-5,7-8,11-12,19H,6,9-10,18H2,1-3H3. The average molecular weight is 284 g/mol. The minimum absolute atomic E-state index is 0.311. The molecule has 2 aromatic rings. The molecule has 0 saturated carbocycles. The van der Waals surface area contributed by atoms with Crippen molar-refractivity contribution in [2.45, 2.75) is 33.1 Å². The van der Waals surface area contributed by atoms with Crippen LogP contribution in [0.5, 0.6) is 0 Å². The SMILES string of the molecule is Cc1ccccc1-c1nc(C(C)C)ncc1NCCCN. The van der Waals surface area contributed by atoms with E-state index in [0.717, 1.165) is 35.7 Å². The molecule has 0 amide bonds. The van der Waals surface area contributed by atoms with Crippen LogP contribution in [0.4, 0.5) is 5.69 Å². The Kier molecular flexibility index (Phi) is 5.28. The molecule has 4 nitrogen and oxygen atoms in total. The van der Waals surface area contributed by atoms with Crippen molar-refractivity contribution >= 4 is 5.69 Å². The van der Waals surface area contributed by atoms with E-state index in [9.17, 15) is 0 Å². The predicted octanol–water partition coefficient (Wildman–Crippen LogP) is 3.34. The summed E-state index contributed by atoms with van der Waals surface area (Å²) in [5.74, 6) is 1.18. The fourth-order valence-electron chi connectivity index (χ4n) is 2.17. The molecule has 1 heterocycles. The summed E-state index contributed by atoms with van der Waals surface area (Å²) >= 11 is 0. The van der Waals surface area contributed by atoms with Crippen LogP contribution in [0.2, 0.25) is 0 Å². The van der Waals surface area contributed by atoms with Crippen LogP contribution in [0, 0.1) is 6.92 Å². The van der Waals surface area contributed by atoms with Gasteiger partial charge in [-0.25, -0.2) is 9.97 Å². The van der Waals surface area contributed by atoms with Crippen LogP contribution in [0.1, 0.15) is 37.6 Å². The fourth-order valence-corrected chi connectivity index (χ4v) is 2.17. The quantitative estimate of drug-likeness (QED) is 0.799. The molecule has 0 aliphatic heterocycles. The minimum Gasteiger partial charge on any atom is -0.382 e. The minimum atomic E-state index is 0.311. The first-order chi connectivity index (χ1) is 10.1. The molecule has 1 aromatic heterocycles. The van der Waals surface area contributed by atoms with Crippen LogP contribution in [0.15, 0.2) is 30.5 Å². The number of nitrogens with two attached hydrogens (primary N) is 1. The highest BCUT2D eigenvalue weighted by molar-refractivity contribution is 5.75. The maximum absolute atomic E-state index is 5.56. The highest BCUT2D eigenvalue weighted by atomic mass is 15.0. The molecule has 0 spiro atoms. The lowest BCUT2D eigenvalue weighted by Gasteiger charge is -2.15. The van der Waals surface area contributed by atoms with E-state index in [1.165, 1.54) is 5.56 Å². The van der Waals surface area contributed by atoms with Crippen molar-refractivity contribution in [1.82, 2.24) is 9.97 Å². The zero-order chi connectivity index (χ0) is 15.2. The molecule has 0 aliphatic carbocycles. The number of hydrogen-bond acceptors (Lipinski definition) is 4. The molecule has 112 valence electrons. The Morgan fingerprint density at radius 3 is 2.67 bits per heavy atom. The number of hydrogen-bond donors (Lipinski definition) is 2. The van der Waals surface area contributed by atoms with Crippen LogP contribution < -0.4 is 11.1 Å². The Morgan fingerprint density at radius 2 is 2.00 bits per heavy atom. The number of aryl methyl sites for hydroxylation is 1. The molecular weight excluding hydrogens is 260 g/mol. The number of aromatic nitrogens is 2. The van der Waals surface area contributed by atoms with Gasteiger partial charge in [-0.15, -0.1) is 0 Å². The lowest BCUT2D eigenvalue weighted by atomic mass is 10.0. The third-order valence-electron chi connectivity index (χ3n) is 3.42. The number of benzene rings is 1. The van der Waals surface area contributed by atoms with E-state index in [1.54, 1.807) is 0 Å². The van der Waals surface area contributed by atoms with Gasteiger partial charge >= 0.3 is 0 Å². The number of anilines is 1. The van der Waals surface area contributed by atoms with Crippen molar-refractivity contribution in [1.29, 1.82) is 0 Å². The van der Waals surface area contributed by atoms with Crippen molar-refractivity contribution in [2.24, 2.45) is 5.73 Å². The highest BCUT2D eigenvalue weighted by Crippen LogP contribution is 2.29. The van der Waals surface area contributed by atoms with Gasteiger partial charge in [0.25, 0.3) is 0 Å². The summed E-state index contributed by atoms with van der Waals surface area (Å²) in [5.41, 5.74) is 9.87. The lowest BCUT2D eigenvalue weighted by molar-refractivity contribution is 0.775. The fraction of sp³-hybridized carbons (Fsp3) is 0.412. The highest BCUT2D eigenvalue weighted by Gasteiger charge is 2.12. The molecule has 0 radical (unpaired) electrons. The Balaban J connectivity index is 2.43. The molecule has 0 bridgehead atoms. The average Bonchev–Trinajstić information content (AvgIpc) is 2.48. The molecule has 0 atom stereocenters. The van der Waals surface area contributed by atoms with Crippen LogP contribution in [0.3, 0.4) is 0 Å². The summed E-state index contributed by atoms with van der Waals surface area (Å²) < 4.78 is 0. The van der Waals surface area contributed by atoms with E-state index in [0.29, 0.717) is 12.5 Å². The molecule has 4 heteroatoms. The van der Waals surface area contributed by atoms with Crippen LogP contribution >= 0.6 is 0 Å². The van der Waals surface area contributed by atoms with Gasteiger partial charge in [-0.05, 0) is 25.5 Å². The molecule has 21 heavy (non-hydrogen) atoms. The van der Waals surface area contributed by atoms with Crippen molar-refractivity contribution in [3.8, 4) is 11.3 Å². The summed E-state index contributed by atoms with van der Waals surface area (Å²) in [6.07, 6.45) is 2.82. The molecule has 0 fully saturated rings. The smallest absolute Gasteiger partial charge is 0.131 e. The van der Waals surface area contributed by atoms with E-state index >= 15 is 0 Å². The first-order valence-corrected chi connectivity index (χ1v) is 7.50. The van der Waals surface area contributed by atoms with Gasteiger partial charge in [-0.1, -0.05) is 38.1 Å². The summed E-state index contributed by atoms with van der Waals surface area (Å²) in [7, 11) is 0. The largest absolute Gasteiger partial charge is 0.382 e. The Labute approximate surface area is 126 Å². The van der Waals surface area contributed by atoms with Gasteiger partial charge in [-0.2, -0.15) is 0 Å². The second-order valence-electron chi connectivity index (χ2n) is 5.53. The van der Waals surface area contributed by atoms with E-state index in [-0.39, 0.29) is 0 Å². The van der Waals surface area contributed by atoms with E-state index in [4.69, 9.17) is 10.7 Å². The predicted molar refractivity (Wildman–Crippen MR) is 88.5 cm³/mol. The van der Waals surface area contributed by atoms with Crippen LogP contribution in [-0.2, 0) is 0 Å². The molecular formula is C17H24N4. The zero-order valence-electron chi connectivity index (χ0n) is 13.1. The lowest BCUT2D eigenvalue weighted by Crippen LogP contribution is -2.11. The second-order valence-corrected chi connectivity index (χ2v) is 5.53. The van der Waals surface area contributed by atoms with Gasteiger partial charge in [0.2, 0.25) is 0 Å². The van der Waals surface area contributed by atoms with Crippen molar-refractivity contribution < 1.29 is 0 Å². The number of nitrogens with one attached hydrogen (secondary N) is 1. The van der Waals surface area contributed by atoms with Crippen LogP contribution in [0.25, 0.3) is 11.3 Å². The normalized spacial score (nSPS) is 10.9. The Morgan fingerprint density at radius 1 is 1.24 bits per heavy atom. The van der Waals surface area contributed by atoms with Crippen LogP contribution in [-0.4, -0.2) is 23.1 Å². The second kappa shape index (κ2) is 7.18. The van der Waals surface area contributed by atoms with Gasteiger partial charge in [0, 0.05) is 18.0 Å². The molecule has 0 saturated heterocycles. The molecule has 0 unspecified atom stereocenters. The number of nitrogens with zero attached hydrogens (tertiary/aromatic N) is 2. The molecule has 2 rings (SSSR count). The topological polar surface area (TPSA) is 63.8 Å². The van der Waals surface area contributed by atoms with Gasteiger partial charge in [-0.3, -0.25) is 0 Å². The van der Waals surface area contributed by atoms with E-state index in [2.05, 4.69) is 43.2 Å². The summed E-state index contributed by atoms with van der Waals surface area (Å²) in [5, 5.41) is 3.40. The molecule has 1 aromatic carbocycles. The first kappa shape index (κ1) is 15.4. The monoisotopic (exact) mass is 284 g/mol. The van der Waals surface area contributed by atoms with Gasteiger partial charge in [0.15, 0.2) is 0 Å². The Hall–Kier alpha value is -1.94. The van der Waals surface area contributed by atoms with Gasteiger partial charge < -0.3 is 11.1 Å². The molecule has 0 aliphatic rings. The number of rotatable bonds is 6. The van der Waals surface area contributed by atoms with Crippen molar-refractivity contribution in [3.63, 3.8) is 0 Å². The van der Waals surface area contributed by atoms with Crippen molar-refractivity contribution in [3.05, 3.63) is 41.9 Å².